The predicted molar refractivity (Wildman–Crippen MR) is 109 cm³/mol. The Hall–Kier alpha value is -2.63. The summed E-state index contributed by atoms with van der Waals surface area (Å²) in [6, 6.07) is 6.77. The highest BCUT2D eigenvalue weighted by molar-refractivity contribution is 5.92. The number of amides is 1. The Bertz CT molecular complexity index is 799. The highest BCUT2D eigenvalue weighted by Gasteiger charge is 2.14. The molecule has 0 atom stereocenters. The maximum absolute atomic E-state index is 14.6. The van der Waals surface area contributed by atoms with Crippen LogP contribution in [-0.2, 0) is 20.0 Å². The summed E-state index contributed by atoms with van der Waals surface area (Å²) >= 11 is 0. The second-order valence-electron chi connectivity index (χ2n) is 6.68. The molecule has 2 aromatic rings. The molecule has 5 nitrogen and oxygen atoms in total. The molecule has 0 fully saturated rings. The molecule has 0 saturated carbocycles. The van der Waals surface area contributed by atoms with Crippen molar-refractivity contribution in [3.05, 3.63) is 59.2 Å². The Morgan fingerprint density at radius 2 is 2.14 bits per heavy atom. The van der Waals surface area contributed by atoms with Gasteiger partial charge in [-0.2, -0.15) is 5.10 Å². The van der Waals surface area contributed by atoms with Gasteiger partial charge in [0.2, 0.25) is 0 Å². The number of aromatic nitrogens is 2. The minimum atomic E-state index is -0.420. The van der Waals surface area contributed by atoms with Gasteiger partial charge < -0.3 is 10.1 Å². The monoisotopic (exact) mass is 387 g/mol. The van der Waals surface area contributed by atoms with Gasteiger partial charge in [-0.3, -0.25) is 9.48 Å². The van der Waals surface area contributed by atoms with Crippen molar-refractivity contribution in [1.82, 2.24) is 15.1 Å². The fraction of sp³-hybridized carbons (Fsp3) is 0.455. The van der Waals surface area contributed by atoms with Gasteiger partial charge in [-0.05, 0) is 51.2 Å². The minimum absolute atomic E-state index is 0.0951. The molecule has 0 aliphatic heterocycles. The van der Waals surface area contributed by atoms with Crippen LogP contribution < -0.4 is 10.1 Å². The van der Waals surface area contributed by atoms with Crippen LogP contribution in [0.25, 0.3) is 0 Å². The summed E-state index contributed by atoms with van der Waals surface area (Å²) in [6.45, 7) is 4.57. The Balaban J connectivity index is 1.86. The van der Waals surface area contributed by atoms with Crippen LogP contribution in [0.2, 0.25) is 0 Å². The fourth-order valence-electron chi connectivity index (χ4n) is 2.87. The minimum Gasteiger partial charge on any atom is -0.491 e. The molecule has 0 radical (unpaired) electrons. The molecule has 0 aliphatic rings. The zero-order valence-electron chi connectivity index (χ0n) is 17.0. The Morgan fingerprint density at radius 3 is 2.86 bits per heavy atom. The van der Waals surface area contributed by atoms with Crippen LogP contribution in [0.4, 0.5) is 4.39 Å². The molecule has 2 rings (SSSR count). The lowest BCUT2D eigenvalue weighted by atomic mass is 10.2. The first-order chi connectivity index (χ1) is 13.6. The van der Waals surface area contributed by atoms with E-state index < -0.39 is 5.82 Å². The first kappa shape index (κ1) is 21.7. The molecule has 0 bridgehead atoms. The molecule has 0 spiro atoms. The molecule has 1 aromatic heterocycles. The number of carbonyl (C=O) groups is 1. The summed E-state index contributed by atoms with van der Waals surface area (Å²) < 4.78 is 21.8. The maximum Gasteiger partial charge on any atom is 0.269 e. The number of carbonyl (C=O) groups excluding carboxylic acids is 1. The number of nitrogens with zero attached hydrogens (tertiary/aromatic N) is 2. The van der Waals surface area contributed by atoms with Gasteiger partial charge in [0.25, 0.3) is 5.91 Å². The highest BCUT2D eigenvalue weighted by atomic mass is 19.1. The van der Waals surface area contributed by atoms with Crippen molar-refractivity contribution in [2.45, 2.75) is 52.5 Å². The van der Waals surface area contributed by atoms with Crippen molar-refractivity contribution in [3.63, 3.8) is 0 Å². The summed E-state index contributed by atoms with van der Waals surface area (Å²) in [5.41, 5.74) is 1.71. The number of halogens is 1. The number of aryl methyl sites for hydroxylation is 2. The van der Waals surface area contributed by atoms with E-state index >= 15 is 0 Å². The first-order valence-electron chi connectivity index (χ1n) is 9.89. The third-order valence-corrected chi connectivity index (χ3v) is 4.52. The number of benzene rings is 1. The predicted octanol–water partition coefficient (Wildman–Crippen LogP) is 4.57. The van der Waals surface area contributed by atoms with E-state index in [4.69, 9.17) is 4.74 Å². The van der Waals surface area contributed by atoms with Crippen LogP contribution in [0.1, 0.15) is 61.3 Å². The maximum atomic E-state index is 14.6. The quantitative estimate of drug-likeness (QED) is 0.454. The Labute approximate surface area is 166 Å². The lowest BCUT2D eigenvalue weighted by Crippen LogP contribution is -2.25. The first-order valence-corrected chi connectivity index (χ1v) is 9.89. The van der Waals surface area contributed by atoms with Gasteiger partial charge in [0, 0.05) is 19.2 Å². The third kappa shape index (κ3) is 6.22. The molecule has 28 heavy (non-hydrogen) atoms. The van der Waals surface area contributed by atoms with Crippen molar-refractivity contribution in [3.8, 4) is 5.75 Å². The number of hydrogen-bond acceptors (Lipinski definition) is 3. The normalized spacial score (nSPS) is 11.1. The highest BCUT2D eigenvalue weighted by Crippen LogP contribution is 2.21. The van der Waals surface area contributed by atoms with Crippen molar-refractivity contribution in [1.29, 1.82) is 0 Å². The van der Waals surface area contributed by atoms with Crippen LogP contribution >= 0.6 is 0 Å². The molecule has 0 aliphatic carbocycles. The van der Waals surface area contributed by atoms with Crippen molar-refractivity contribution in [2.75, 3.05) is 6.61 Å². The van der Waals surface area contributed by atoms with Crippen molar-refractivity contribution in [2.24, 2.45) is 7.05 Å². The number of allylic oxidation sites excluding steroid dienone is 2. The third-order valence-electron chi connectivity index (χ3n) is 4.52. The molecule has 1 heterocycles. The van der Waals surface area contributed by atoms with Gasteiger partial charge in [0.15, 0.2) is 11.6 Å². The van der Waals surface area contributed by atoms with Crippen molar-refractivity contribution < 1.29 is 13.9 Å². The van der Waals surface area contributed by atoms with Crippen LogP contribution in [0, 0.1) is 5.82 Å². The zero-order valence-corrected chi connectivity index (χ0v) is 17.0. The smallest absolute Gasteiger partial charge is 0.269 e. The largest absolute Gasteiger partial charge is 0.491 e. The van der Waals surface area contributed by atoms with Gasteiger partial charge in [-0.1, -0.05) is 31.2 Å². The van der Waals surface area contributed by atoms with E-state index in [0.29, 0.717) is 17.9 Å². The van der Waals surface area contributed by atoms with E-state index in [1.807, 2.05) is 19.9 Å². The van der Waals surface area contributed by atoms with Crippen molar-refractivity contribution >= 4 is 5.91 Å². The summed E-state index contributed by atoms with van der Waals surface area (Å²) in [5.74, 6) is -0.466. The summed E-state index contributed by atoms with van der Waals surface area (Å²) in [4.78, 5) is 12.4. The lowest BCUT2D eigenvalue weighted by Gasteiger charge is -2.11. The second-order valence-corrected chi connectivity index (χ2v) is 6.68. The summed E-state index contributed by atoms with van der Waals surface area (Å²) in [5, 5.41) is 7.02. The van der Waals surface area contributed by atoms with E-state index in [9.17, 15) is 9.18 Å². The Morgan fingerprint density at radius 1 is 1.32 bits per heavy atom. The average molecular weight is 387 g/mol. The summed E-state index contributed by atoms with van der Waals surface area (Å²) in [7, 11) is 1.72. The van der Waals surface area contributed by atoms with Gasteiger partial charge in [-0.25, -0.2) is 4.39 Å². The molecule has 152 valence electrons. The van der Waals surface area contributed by atoms with E-state index in [1.54, 1.807) is 36.0 Å². The second kappa shape index (κ2) is 11.3. The van der Waals surface area contributed by atoms with Gasteiger partial charge in [-0.15, -0.1) is 0 Å². The molecular formula is C22H30FN3O2. The van der Waals surface area contributed by atoms with Crippen LogP contribution in [0.5, 0.6) is 5.75 Å². The SMILES string of the molecule is CC=CCCCCCOc1cccc(CNC(=O)c2cc(CC)nn2C)c1F. The number of rotatable bonds is 11. The molecule has 0 unspecified atom stereocenters. The number of ether oxygens (including phenoxy) is 1. The zero-order chi connectivity index (χ0) is 20.4. The molecular weight excluding hydrogens is 357 g/mol. The molecule has 6 heteroatoms. The lowest BCUT2D eigenvalue weighted by molar-refractivity contribution is 0.0941. The average Bonchev–Trinajstić information content (AvgIpc) is 3.08. The fourth-order valence-corrected chi connectivity index (χ4v) is 2.87. The van der Waals surface area contributed by atoms with E-state index in [2.05, 4.69) is 16.5 Å². The number of unbranched alkanes of at least 4 members (excludes halogenated alkanes) is 3. The standard InChI is InChI=1S/C22H30FN3O2/c1-4-6-7-8-9-10-14-28-20-13-11-12-17(21(20)23)16-24-22(27)19-15-18(5-2)25-26(19)3/h4,6,11-13,15H,5,7-10,14,16H2,1-3H3,(H,24,27). The van der Waals surface area contributed by atoms with Crippen LogP contribution in [0.3, 0.4) is 0 Å². The molecule has 0 saturated heterocycles. The molecule has 1 amide bonds. The molecule has 1 N–H and O–H groups in total. The Kier molecular flexibility index (Phi) is 8.72. The van der Waals surface area contributed by atoms with Gasteiger partial charge in [0.1, 0.15) is 5.69 Å². The molecule has 1 aromatic carbocycles. The number of nitrogens with one attached hydrogen (secondary N) is 1. The topological polar surface area (TPSA) is 56.1 Å². The van der Waals surface area contributed by atoms with Crippen LogP contribution in [-0.4, -0.2) is 22.3 Å². The summed E-state index contributed by atoms with van der Waals surface area (Å²) in [6.07, 6.45) is 9.06. The van der Waals surface area contributed by atoms with E-state index in [0.717, 1.165) is 37.8 Å². The number of hydrogen-bond donors (Lipinski definition) is 1. The van der Waals surface area contributed by atoms with E-state index in [-0.39, 0.29) is 18.2 Å². The van der Waals surface area contributed by atoms with E-state index in [1.165, 1.54) is 0 Å². The van der Waals surface area contributed by atoms with Crippen LogP contribution in [0.15, 0.2) is 36.4 Å². The van der Waals surface area contributed by atoms with Gasteiger partial charge in [0.05, 0.1) is 12.3 Å². The van der Waals surface area contributed by atoms with Gasteiger partial charge >= 0.3 is 0 Å².